The zero-order valence-electron chi connectivity index (χ0n) is 16.8. The molecule has 0 spiro atoms. The summed E-state index contributed by atoms with van der Waals surface area (Å²) in [5.74, 6) is -1.70. The second-order valence-corrected chi connectivity index (χ2v) is 7.56. The summed E-state index contributed by atoms with van der Waals surface area (Å²) in [5.41, 5.74) is 17.0. The summed E-state index contributed by atoms with van der Waals surface area (Å²) in [6.45, 7) is 0.261. The number of nitrogens with one attached hydrogen (secondary N) is 3. The normalized spacial score (nSPS) is 13.7. The molecule has 1 aromatic rings. The van der Waals surface area contributed by atoms with E-state index in [0.29, 0.717) is 24.3 Å². The Morgan fingerprint density at radius 1 is 1.23 bits per heavy atom. The molecule has 1 rings (SSSR count). The van der Waals surface area contributed by atoms with Crippen molar-refractivity contribution in [2.45, 2.75) is 43.8 Å². The average molecular weight is 443 g/mol. The van der Waals surface area contributed by atoms with Gasteiger partial charge in [0.1, 0.15) is 12.1 Å². The number of imidazole rings is 1. The molecule has 0 radical (unpaired) electrons. The number of rotatable bonds is 14. The summed E-state index contributed by atoms with van der Waals surface area (Å²) in [6.07, 6.45) is 5.86. The number of carbonyl (C=O) groups excluding carboxylic acids is 2. The van der Waals surface area contributed by atoms with Crippen LogP contribution in [0.1, 0.15) is 25.0 Å². The summed E-state index contributed by atoms with van der Waals surface area (Å²) in [7, 11) is 0. The van der Waals surface area contributed by atoms with Crippen LogP contribution in [0.2, 0.25) is 0 Å². The maximum atomic E-state index is 12.7. The number of H-pyrrole nitrogens is 1. The molecule has 0 aliphatic heterocycles. The molecule has 0 aromatic carbocycles. The maximum Gasteiger partial charge on any atom is 0.326 e. The van der Waals surface area contributed by atoms with Crippen molar-refractivity contribution < 1.29 is 19.5 Å². The Hall–Kier alpha value is -2.80. The van der Waals surface area contributed by atoms with Gasteiger partial charge in [0.05, 0.1) is 12.4 Å². The number of thioether (sulfide) groups is 1. The van der Waals surface area contributed by atoms with Crippen molar-refractivity contribution in [2.24, 2.45) is 22.2 Å². The highest BCUT2D eigenvalue weighted by Gasteiger charge is 2.28. The first-order chi connectivity index (χ1) is 14.2. The lowest BCUT2D eigenvalue weighted by Crippen LogP contribution is -2.55. The molecule has 30 heavy (non-hydrogen) atoms. The standard InChI is InChI=1S/C17H30N8O4S/c1-30-6-4-11(18)14(26)24-12(3-2-5-22-17(19)20)15(27)25-13(16(28)29)7-10-8-21-9-23-10/h8-9,11-13H,2-7,18H2,1H3,(H,21,23)(H,24,26)(H,25,27)(H,28,29)(H4,19,20,22)/t11-,12-,13-/m0/s1. The van der Waals surface area contributed by atoms with Crippen molar-refractivity contribution in [1.29, 1.82) is 0 Å². The number of carboxylic acids is 1. The first-order valence-electron chi connectivity index (χ1n) is 9.35. The molecule has 13 heteroatoms. The number of carbonyl (C=O) groups is 3. The van der Waals surface area contributed by atoms with Gasteiger partial charge < -0.3 is 37.9 Å². The zero-order chi connectivity index (χ0) is 22.5. The van der Waals surface area contributed by atoms with Gasteiger partial charge in [-0.3, -0.25) is 14.6 Å². The molecule has 0 saturated carbocycles. The van der Waals surface area contributed by atoms with E-state index in [1.54, 1.807) is 11.8 Å². The summed E-state index contributed by atoms with van der Waals surface area (Å²) in [5, 5.41) is 14.5. The molecule has 3 atom stereocenters. The van der Waals surface area contributed by atoms with Crippen LogP contribution >= 0.6 is 11.8 Å². The molecule has 0 fully saturated rings. The van der Waals surface area contributed by atoms with Crippen LogP contribution in [0.15, 0.2) is 17.5 Å². The topological polar surface area (TPSA) is 215 Å². The summed E-state index contributed by atoms with van der Waals surface area (Å²) in [4.78, 5) is 47.1. The molecule has 10 N–H and O–H groups in total. The van der Waals surface area contributed by atoms with E-state index >= 15 is 0 Å². The second kappa shape index (κ2) is 13.4. The van der Waals surface area contributed by atoms with Crippen molar-refractivity contribution in [3.8, 4) is 0 Å². The fourth-order valence-electron chi connectivity index (χ4n) is 2.52. The highest BCUT2D eigenvalue weighted by molar-refractivity contribution is 7.98. The number of guanidine groups is 1. The van der Waals surface area contributed by atoms with Crippen LogP contribution in [-0.4, -0.2) is 75.5 Å². The fraction of sp³-hybridized carbons (Fsp3) is 0.588. The Bertz CT molecular complexity index is 709. The SMILES string of the molecule is CSCC[C@H](N)C(=O)N[C@@H](CCCN=C(N)N)C(=O)N[C@@H](Cc1cnc[nH]1)C(=O)O. The van der Waals surface area contributed by atoms with E-state index in [1.807, 2.05) is 6.26 Å². The number of nitrogens with zero attached hydrogens (tertiary/aromatic N) is 2. The number of carboxylic acid groups (broad SMARTS) is 1. The van der Waals surface area contributed by atoms with Crippen LogP contribution < -0.4 is 27.8 Å². The molecule has 0 bridgehead atoms. The van der Waals surface area contributed by atoms with E-state index in [-0.39, 0.29) is 25.3 Å². The molecule has 0 unspecified atom stereocenters. The number of amides is 2. The summed E-state index contributed by atoms with van der Waals surface area (Å²) in [6, 6.07) is -2.94. The van der Waals surface area contributed by atoms with E-state index in [1.165, 1.54) is 12.5 Å². The predicted octanol–water partition coefficient (Wildman–Crippen LogP) is -1.86. The lowest BCUT2D eigenvalue weighted by atomic mass is 10.1. The Labute approximate surface area is 178 Å². The summed E-state index contributed by atoms with van der Waals surface area (Å²) >= 11 is 1.55. The zero-order valence-corrected chi connectivity index (χ0v) is 17.7. The molecule has 0 saturated heterocycles. The lowest BCUT2D eigenvalue weighted by Gasteiger charge is -2.22. The van der Waals surface area contributed by atoms with E-state index in [4.69, 9.17) is 17.2 Å². The number of hydrogen-bond acceptors (Lipinski definition) is 7. The van der Waals surface area contributed by atoms with Gasteiger partial charge in [0.25, 0.3) is 0 Å². The third-order valence-corrected chi connectivity index (χ3v) is 4.79. The molecule has 12 nitrogen and oxygen atoms in total. The average Bonchev–Trinajstić information content (AvgIpc) is 3.20. The van der Waals surface area contributed by atoms with Crippen LogP contribution in [0.5, 0.6) is 0 Å². The Balaban J connectivity index is 2.80. The fourth-order valence-corrected chi connectivity index (χ4v) is 3.01. The van der Waals surface area contributed by atoms with Crippen LogP contribution in [0.3, 0.4) is 0 Å². The summed E-state index contributed by atoms with van der Waals surface area (Å²) < 4.78 is 0. The Morgan fingerprint density at radius 2 is 1.93 bits per heavy atom. The van der Waals surface area contributed by atoms with Gasteiger partial charge in [0.15, 0.2) is 5.96 Å². The minimum atomic E-state index is -1.21. The Morgan fingerprint density at radius 3 is 2.50 bits per heavy atom. The lowest BCUT2D eigenvalue weighted by molar-refractivity contribution is -0.142. The monoisotopic (exact) mass is 442 g/mol. The minimum Gasteiger partial charge on any atom is -0.480 e. The molecular formula is C17H30N8O4S. The highest BCUT2D eigenvalue weighted by Crippen LogP contribution is 2.05. The van der Waals surface area contributed by atoms with Gasteiger partial charge in [-0.1, -0.05) is 0 Å². The number of nitrogens with two attached hydrogens (primary N) is 3. The number of aromatic nitrogens is 2. The molecule has 1 heterocycles. The van der Waals surface area contributed by atoms with Gasteiger partial charge in [0, 0.05) is 24.9 Å². The van der Waals surface area contributed by atoms with Gasteiger partial charge in [-0.25, -0.2) is 9.78 Å². The third-order valence-electron chi connectivity index (χ3n) is 4.14. The first-order valence-corrected chi connectivity index (χ1v) is 10.7. The van der Waals surface area contributed by atoms with Gasteiger partial charge in [0.2, 0.25) is 11.8 Å². The minimum absolute atomic E-state index is 0.0168. The molecular weight excluding hydrogens is 412 g/mol. The van der Waals surface area contributed by atoms with Gasteiger partial charge in [-0.15, -0.1) is 0 Å². The van der Waals surface area contributed by atoms with Crippen molar-refractivity contribution >= 4 is 35.5 Å². The quantitative estimate of drug-likeness (QED) is 0.0975. The molecule has 168 valence electrons. The highest BCUT2D eigenvalue weighted by atomic mass is 32.2. The van der Waals surface area contributed by atoms with Crippen LogP contribution in [0.25, 0.3) is 0 Å². The molecule has 0 aliphatic rings. The number of aliphatic imine (C=N–C) groups is 1. The maximum absolute atomic E-state index is 12.7. The van der Waals surface area contributed by atoms with E-state index in [0.717, 1.165) is 0 Å². The third kappa shape index (κ3) is 9.60. The number of hydrogen-bond donors (Lipinski definition) is 7. The predicted molar refractivity (Wildman–Crippen MR) is 115 cm³/mol. The van der Waals surface area contributed by atoms with E-state index in [9.17, 15) is 19.5 Å². The van der Waals surface area contributed by atoms with Crippen molar-refractivity contribution in [3.05, 3.63) is 18.2 Å². The Kier molecular flexibility index (Phi) is 11.3. The van der Waals surface area contributed by atoms with Crippen molar-refractivity contribution in [1.82, 2.24) is 20.6 Å². The molecule has 0 aliphatic carbocycles. The van der Waals surface area contributed by atoms with Crippen molar-refractivity contribution in [2.75, 3.05) is 18.6 Å². The van der Waals surface area contributed by atoms with Crippen molar-refractivity contribution in [3.63, 3.8) is 0 Å². The van der Waals surface area contributed by atoms with Crippen LogP contribution in [0.4, 0.5) is 0 Å². The second-order valence-electron chi connectivity index (χ2n) is 6.58. The van der Waals surface area contributed by atoms with Gasteiger partial charge in [-0.2, -0.15) is 11.8 Å². The smallest absolute Gasteiger partial charge is 0.326 e. The van der Waals surface area contributed by atoms with Gasteiger partial charge in [-0.05, 0) is 31.3 Å². The van der Waals surface area contributed by atoms with E-state index in [2.05, 4.69) is 25.6 Å². The van der Waals surface area contributed by atoms with Gasteiger partial charge >= 0.3 is 5.97 Å². The van der Waals surface area contributed by atoms with Crippen LogP contribution in [0, 0.1) is 0 Å². The first kappa shape index (κ1) is 25.2. The number of aromatic amines is 1. The molecule has 2 amide bonds. The van der Waals surface area contributed by atoms with Crippen LogP contribution in [-0.2, 0) is 20.8 Å². The molecule has 1 aromatic heterocycles. The van der Waals surface area contributed by atoms with E-state index < -0.39 is 35.9 Å². The number of aliphatic carboxylic acids is 1. The largest absolute Gasteiger partial charge is 0.480 e.